The summed E-state index contributed by atoms with van der Waals surface area (Å²) in [6, 6.07) is 6.22. The molecule has 1 heterocycles. The molecule has 0 aliphatic rings. The van der Waals surface area contributed by atoms with Crippen LogP contribution in [0.25, 0.3) is 17.0 Å². The van der Waals surface area contributed by atoms with Crippen LogP contribution in [-0.4, -0.2) is 4.98 Å². The Balaban J connectivity index is 2.86. The molecular formula is C11H10BrN. The van der Waals surface area contributed by atoms with Crippen LogP contribution in [0.5, 0.6) is 0 Å². The van der Waals surface area contributed by atoms with Crippen LogP contribution in [0.2, 0.25) is 0 Å². The maximum atomic E-state index is 3.80. The number of hydrogen-bond acceptors (Lipinski definition) is 0. The Morgan fingerprint density at radius 2 is 2.23 bits per heavy atom. The van der Waals surface area contributed by atoms with Gasteiger partial charge in [0.15, 0.2) is 0 Å². The summed E-state index contributed by atoms with van der Waals surface area (Å²) in [6.07, 6.45) is 1.89. The summed E-state index contributed by atoms with van der Waals surface area (Å²) in [5.74, 6) is 0. The average molecular weight is 236 g/mol. The molecule has 0 amide bonds. The molecule has 1 nitrogen and oxygen atoms in total. The van der Waals surface area contributed by atoms with E-state index in [9.17, 15) is 0 Å². The van der Waals surface area contributed by atoms with Crippen LogP contribution in [0.3, 0.4) is 0 Å². The number of rotatable bonds is 1. The number of halogens is 1. The quantitative estimate of drug-likeness (QED) is 0.773. The predicted octanol–water partition coefficient (Wildman–Crippen LogP) is 3.88. The molecule has 0 unspecified atom stereocenters. The first-order valence-corrected chi connectivity index (χ1v) is 4.92. The Labute approximate surface area is 85.6 Å². The van der Waals surface area contributed by atoms with Crippen LogP contribution in [0, 0.1) is 6.92 Å². The number of aryl methyl sites for hydroxylation is 1. The van der Waals surface area contributed by atoms with Crippen LogP contribution < -0.4 is 0 Å². The van der Waals surface area contributed by atoms with Crippen LogP contribution in [0.4, 0.5) is 0 Å². The Hall–Kier alpha value is -1.02. The zero-order valence-electron chi connectivity index (χ0n) is 7.39. The minimum absolute atomic E-state index is 1.09. The number of aromatic nitrogens is 1. The molecular weight excluding hydrogens is 226 g/mol. The Morgan fingerprint density at radius 1 is 1.46 bits per heavy atom. The van der Waals surface area contributed by atoms with Gasteiger partial charge in [0.25, 0.3) is 0 Å². The first-order chi connectivity index (χ1) is 6.22. The number of nitrogens with one attached hydrogen (secondary N) is 1. The van der Waals surface area contributed by atoms with E-state index in [1.807, 2.05) is 12.1 Å². The third-order valence-electron chi connectivity index (χ3n) is 2.20. The van der Waals surface area contributed by atoms with E-state index in [0.29, 0.717) is 0 Å². The Kier molecular flexibility index (Phi) is 2.00. The summed E-state index contributed by atoms with van der Waals surface area (Å²) in [6.45, 7) is 5.87. The highest BCUT2D eigenvalue weighted by molar-refractivity contribution is 9.10. The van der Waals surface area contributed by atoms with Crippen LogP contribution in [0.1, 0.15) is 11.3 Å². The zero-order chi connectivity index (χ0) is 9.42. The first kappa shape index (κ1) is 8.57. The van der Waals surface area contributed by atoms with E-state index >= 15 is 0 Å². The molecule has 0 atom stereocenters. The third-order valence-corrected chi connectivity index (χ3v) is 2.70. The maximum absolute atomic E-state index is 3.80. The number of fused-ring (bicyclic) bond motifs is 1. The van der Waals surface area contributed by atoms with Gasteiger partial charge in [-0.2, -0.15) is 0 Å². The van der Waals surface area contributed by atoms with Crippen molar-refractivity contribution in [3.05, 3.63) is 40.5 Å². The Bertz CT molecular complexity index is 468. The second-order valence-electron chi connectivity index (χ2n) is 3.06. The van der Waals surface area contributed by atoms with Crippen LogP contribution in [-0.2, 0) is 0 Å². The molecule has 1 aromatic carbocycles. The highest BCUT2D eigenvalue weighted by Gasteiger charge is 2.04. The second kappa shape index (κ2) is 3.04. The van der Waals surface area contributed by atoms with Gasteiger partial charge in [-0.05, 0) is 19.1 Å². The molecule has 0 fully saturated rings. The molecule has 0 saturated carbocycles. The summed E-state index contributed by atoms with van der Waals surface area (Å²) >= 11 is 3.44. The van der Waals surface area contributed by atoms with E-state index in [0.717, 1.165) is 9.99 Å². The fourth-order valence-corrected chi connectivity index (χ4v) is 1.95. The van der Waals surface area contributed by atoms with Gasteiger partial charge < -0.3 is 4.98 Å². The van der Waals surface area contributed by atoms with Crippen LogP contribution >= 0.6 is 15.9 Å². The highest BCUT2D eigenvalue weighted by atomic mass is 79.9. The van der Waals surface area contributed by atoms with E-state index in [-0.39, 0.29) is 0 Å². The lowest BCUT2D eigenvalue weighted by Gasteiger charge is -1.92. The van der Waals surface area contributed by atoms with Crippen molar-refractivity contribution in [1.82, 2.24) is 4.98 Å². The SMILES string of the molecule is C=Cc1c(C)[nH]c2cc(Br)ccc12. The summed E-state index contributed by atoms with van der Waals surface area (Å²) in [5.41, 5.74) is 3.52. The van der Waals surface area contributed by atoms with Crippen molar-refractivity contribution in [2.24, 2.45) is 0 Å². The molecule has 13 heavy (non-hydrogen) atoms. The van der Waals surface area contributed by atoms with E-state index in [2.05, 4.69) is 46.5 Å². The average Bonchev–Trinajstić information content (AvgIpc) is 2.39. The third kappa shape index (κ3) is 1.31. The number of H-pyrrole nitrogens is 1. The lowest BCUT2D eigenvalue weighted by atomic mass is 10.1. The predicted molar refractivity (Wildman–Crippen MR) is 60.8 cm³/mol. The largest absolute Gasteiger partial charge is 0.358 e. The standard InChI is InChI=1S/C11H10BrN/c1-3-9-7(2)13-11-6-8(12)4-5-10(9)11/h3-6,13H,1H2,2H3. The molecule has 1 N–H and O–H groups in total. The molecule has 0 aliphatic carbocycles. The van der Waals surface area contributed by atoms with Gasteiger partial charge in [-0.25, -0.2) is 0 Å². The van der Waals surface area contributed by atoms with Gasteiger partial charge in [-0.1, -0.05) is 34.7 Å². The van der Waals surface area contributed by atoms with E-state index in [1.165, 1.54) is 16.6 Å². The highest BCUT2D eigenvalue weighted by Crippen LogP contribution is 2.25. The van der Waals surface area contributed by atoms with Crippen molar-refractivity contribution in [3.8, 4) is 0 Å². The topological polar surface area (TPSA) is 15.8 Å². The summed E-state index contributed by atoms with van der Waals surface area (Å²) < 4.78 is 1.09. The van der Waals surface area contributed by atoms with Crippen molar-refractivity contribution < 1.29 is 0 Å². The number of hydrogen-bond donors (Lipinski definition) is 1. The van der Waals surface area contributed by atoms with Gasteiger partial charge in [0.1, 0.15) is 0 Å². The van der Waals surface area contributed by atoms with Gasteiger partial charge in [0.2, 0.25) is 0 Å². The van der Waals surface area contributed by atoms with Gasteiger partial charge in [-0.15, -0.1) is 0 Å². The molecule has 1 aromatic heterocycles. The van der Waals surface area contributed by atoms with Gasteiger partial charge in [-0.3, -0.25) is 0 Å². The van der Waals surface area contributed by atoms with Crippen molar-refractivity contribution in [2.45, 2.75) is 6.92 Å². The Morgan fingerprint density at radius 3 is 2.92 bits per heavy atom. The zero-order valence-corrected chi connectivity index (χ0v) is 8.98. The first-order valence-electron chi connectivity index (χ1n) is 4.12. The summed E-state index contributed by atoms with van der Waals surface area (Å²) in [7, 11) is 0. The molecule has 0 spiro atoms. The molecule has 0 radical (unpaired) electrons. The van der Waals surface area contributed by atoms with Crippen molar-refractivity contribution in [2.75, 3.05) is 0 Å². The molecule has 2 heteroatoms. The fraction of sp³-hybridized carbons (Fsp3) is 0.0909. The smallest absolute Gasteiger partial charge is 0.0473 e. The molecule has 0 aliphatic heterocycles. The fourth-order valence-electron chi connectivity index (χ4n) is 1.59. The lowest BCUT2D eigenvalue weighted by Crippen LogP contribution is -1.71. The normalized spacial score (nSPS) is 10.6. The number of aromatic amines is 1. The molecule has 2 aromatic rings. The van der Waals surface area contributed by atoms with Gasteiger partial charge >= 0.3 is 0 Å². The summed E-state index contributed by atoms with van der Waals surface area (Å²) in [5, 5.41) is 1.23. The van der Waals surface area contributed by atoms with E-state index in [4.69, 9.17) is 0 Å². The monoisotopic (exact) mass is 235 g/mol. The van der Waals surface area contributed by atoms with Crippen molar-refractivity contribution in [3.63, 3.8) is 0 Å². The second-order valence-corrected chi connectivity index (χ2v) is 3.97. The molecule has 0 bridgehead atoms. The van der Waals surface area contributed by atoms with Crippen LogP contribution in [0.15, 0.2) is 29.3 Å². The molecule has 0 saturated heterocycles. The van der Waals surface area contributed by atoms with E-state index < -0.39 is 0 Å². The van der Waals surface area contributed by atoms with E-state index in [1.54, 1.807) is 0 Å². The minimum Gasteiger partial charge on any atom is -0.358 e. The van der Waals surface area contributed by atoms with Crippen molar-refractivity contribution >= 4 is 32.9 Å². The maximum Gasteiger partial charge on any atom is 0.0473 e. The molecule has 66 valence electrons. The van der Waals surface area contributed by atoms with Gasteiger partial charge in [0.05, 0.1) is 0 Å². The minimum atomic E-state index is 1.09. The number of benzene rings is 1. The van der Waals surface area contributed by atoms with Gasteiger partial charge in [0, 0.05) is 26.6 Å². The summed E-state index contributed by atoms with van der Waals surface area (Å²) in [4.78, 5) is 3.32. The van der Waals surface area contributed by atoms with Crippen molar-refractivity contribution in [1.29, 1.82) is 0 Å². The lowest BCUT2D eigenvalue weighted by molar-refractivity contribution is 1.29. The molecule has 2 rings (SSSR count).